The zero-order valence-electron chi connectivity index (χ0n) is 10.6. The number of rotatable bonds is 4. The Hall–Kier alpha value is -1.39. The first-order chi connectivity index (χ1) is 9.63. The Bertz CT molecular complexity index is 619. The molecule has 0 radical (unpaired) electrons. The highest BCUT2D eigenvalue weighted by Gasteiger charge is 1.99. The Labute approximate surface area is 134 Å². The van der Waals surface area contributed by atoms with Crippen LogP contribution >= 0.6 is 31.9 Å². The molecule has 0 N–H and O–H groups in total. The number of esters is 1. The van der Waals surface area contributed by atoms with Crippen LogP contribution in [0.1, 0.15) is 11.1 Å². The van der Waals surface area contributed by atoms with E-state index < -0.39 is 0 Å². The maximum Gasteiger partial charge on any atom is 0.331 e. The fraction of sp³-hybridized carbons (Fsp3) is 0.0625. The van der Waals surface area contributed by atoms with Crippen molar-refractivity contribution >= 4 is 43.9 Å². The Morgan fingerprint density at radius 2 is 1.80 bits per heavy atom. The van der Waals surface area contributed by atoms with Gasteiger partial charge in [-0.3, -0.25) is 0 Å². The summed E-state index contributed by atoms with van der Waals surface area (Å²) in [6.07, 6.45) is 3.16. The van der Waals surface area contributed by atoms with Gasteiger partial charge in [0.1, 0.15) is 6.61 Å². The topological polar surface area (TPSA) is 26.3 Å². The third-order valence-electron chi connectivity index (χ3n) is 2.55. The molecule has 0 heterocycles. The van der Waals surface area contributed by atoms with Crippen molar-refractivity contribution in [3.63, 3.8) is 0 Å². The summed E-state index contributed by atoms with van der Waals surface area (Å²) in [5, 5.41) is 0. The molecule has 0 aliphatic rings. The number of carbonyl (C=O) groups is 1. The minimum Gasteiger partial charge on any atom is -0.458 e. The highest BCUT2D eigenvalue weighted by Crippen LogP contribution is 2.13. The predicted molar refractivity (Wildman–Crippen MR) is 87.1 cm³/mol. The third-order valence-corrected chi connectivity index (χ3v) is 3.57. The summed E-state index contributed by atoms with van der Waals surface area (Å²) < 4.78 is 7.15. The molecule has 0 aliphatic heterocycles. The average Bonchev–Trinajstić information content (AvgIpc) is 2.45. The van der Waals surface area contributed by atoms with Crippen molar-refractivity contribution in [3.8, 4) is 0 Å². The molecule has 4 heteroatoms. The van der Waals surface area contributed by atoms with Gasteiger partial charge in [-0.25, -0.2) is 4.79 Å². The minimum absolute atomic E-state index is 0.267. The van der Waals surface area contributed by atoms with Crippen LogP contribution in [0.2, 0.25) is 0 Å². The van der Waals surface area contributed by atoms with Gasteiger partial charge in [0.2, 0.25) is 0 Å². The molecular formula is C16H12Br2O2. The van der Waals surface area contributed by atoms with Crippen molar-refractivity contribution in [1.29, 1.82) is 0 Å². The quantitative estimate of drug-likeness (QED) is 0.539. The second kappa shape index (κ2) is 7.41. The molecule has 0 atom stereocenters. The van der Waals surface area contributed by atoms with E-state index in [1.165, 1.54) is 6.08 Å². The maximum atomic E-state index is 11.6. The lowest BCUT2D eigenvalue weighted by atomic mass is 10.2. The van der Waals surface area contributed by atoms with Crippen LogP contribution in [0.4, 0.5) is 0 Å². The van der Waals surface area contributed by atoms with Crippen LogP contribution in [0.15, 0.2) is 63.6 Å². The summed E-state index contributed by atoms with van der Waals surface area (Å²) in [4.78, 5) is 11.6. The van der Waals surface area contributed by atoms with E-state index in [1.54, 1.807) is 6.08 Å². The van der Waals surface area contributed by atoms with Crippen LogP contribution < -0.4 is 0 Å². The van der Waals surface area contributed by atoms with E-state index in [9.17, 15) is 4.79 Å². The second-order valence-corrected chi connectivity index (χ2v) is 5.95. The molecule has 0 unspecified atom stereocenters. The van der Waals surface area contributed by atoms with E-state index in [-0.39, 0.29) is 12.6 Å². The van der Waals surface area contributed by atoms with Gasteiger partial charge in [0.05, 0.1) is 0 Å². The van der Waals surface area contributed by atoms with Gasteiger partial charge in [0.15, 0.2) is 0 Å². The van der Waals surface area contributed by atoms with Gasteiger partial charge >= 0.3 is 5.97 Å². The summed E-state index contributed by atoms with van der Waals surface area (Å²) in [5.41, 5.74) is 1.90. The highest BCUT2D eigenvalue weighted by molar-refractivity contribution is 9.10. The van der Waals surface area contributed by atoms with Gasteiger partial charge in [-0.05, 0) is 41.5 Å². The van der Waals surface area contributed by atoms with Crippen molar-refractivity contribution < 1.29 is 9.53 Å². The smallest absolute Gasteiger partial charge is 0.331 e. The average molecular weight is 396 g/mol. The van der Waals surface area contributed by atoms with E-state index in [4.69, 9.17) is 4.74 Å². The largest absolute Gasteiger partial charge is 0.458 e. The number of carbonyl (C=O) groups excluding carboxylic acids is 1. The van der Waals surface area contributed by atoms with Crippen molar-refractivity contribution in [2.75, 3.05) is 0 Å². The van der Waals surface area contributed by atoms with Gasteiger partial charge in [0.25, 0.3) is 0 Å². The van der Waals surface area contributed by atoms with Crippen molar-refractivity contribution in [2.24, 2.45) is 0 Å². The van der Waals surface area contributed by atoms with Gasteiger partial charge in [-0.1, -0.05) is 56.1 Å². The van der Waals surface area contributed by atoms with E-state index in [1.807, 2.05) is 48.5 Å². The molecule has 0 spiro atoms. The second-order valence-electron chi connectivity index (χ2n) is 4.12. The summed E-state index contributed by atoms with van der Waals surface area (Å²) >= 11 is 6.74. The molecule has 20 heavy (non-hydrogen) atoms. The van der Waals surface area contributed by atoms with Gasteiger partial charge in [-0.2, -0.15) is 0 Å². The Balaban J connectivity index is 1.88. The fourth-order valence-corrected chi connectivity index (χ4v) is 2.28. The van der Waals surface area contributed by atoms with Crippen LogP contribution in [-0.4, -0.2) is 5.97 Å². The standard InChI is InChI=1S/C16H12Br2O2/c17-14-7-4-12(5-8-14)6-9-16(19)20-11-13-2-1-3-15(18)10-13/h1-10H,11H2/b9-6+. The lowest BCUT2D eigenvalue weighted by Gasteiger charge is -2.02. The first kappa shape index (κ1) is 15.0. The monoisotopic (exact) mass is 394 g/mol. The Kier molecular flexibility index (Phi) is 5.56. The molecule has 0 aliphatic carbocycles. The lowest BCUT2D eigenvalue weighted by Crippen LogP contribution is -2.00. The van der Waals surface area contributed by atoms with Crippen molar-refractivity contribution in [1.82, 2.24) is 0 Å². The molecule has 0 saturated carbocycles. The molecule has 0 bridgehead atoms. The lowest BCUT2D eigenvalue weighted by molar-refractivity contribution is -0.138. The molecule has 0 fully saturated rings. The van der Waals surface area contributed by atoms with Crippen LogP contribution in [0.25, 0.3) is 6.08 Å². The number of hydrogen-bond acceptors (Lipinski definition) is 2. The fourth-order valence-electron chi connectivity index (χ4n) is 1.57. The third kappa shape index (κ3) is 4.94. The van der Waals surface area contributed by atoms with E-state index >= 15 is 0 Å². The highest BCUT2D eigenvalue weighted by atomic mass is 79.9. The van der Waals surface area contributed by atoms with E-state index in [2.05, 4.69) is 31.9 Å². The molecule has 0 aromatic heterocycles. The normalized spacial score (nSPS) is 10.7. The molecule has 2 rings (SSSR count). The van der Waals surface area contributed by atoms with Gasteiger partial charge in [-0.15, -0.1) is 0 Å². The minimum atomic E-state index is -0.354. The SMILES string of the molecule is O=C(/C=C/c1ccc(Br)cc1)OCc1cccc(Br)c1. The van der Waals surface area contributed by atoms with Crippen LogP contribution in [0, 0.1) is 0 Å². The number of benzene rings is 2. The zero-order valence-corrected chi connectivity index (χ0v) is 13.7. The molecule has 0 amide bonds. The predicted octanol–water partition coefficient (Wildman–Crippen LogP) is 4.97. The Morgan fingerprint density at radius 3 is 2.50 bits per heavy atom. The molecule has 0 saturated heterocycles. The summed E-state index contributed by atoms with van der Waals surface area (Å²) in [6.45, 7) is 0.267. The van der Waals surface area contributed by atoms with E-state index in [0.29, 0.717) is 0 Å². The number of halogens is 2. The summed E-state index contributed by atoms with van der Waals surface area (Å²) in [6, 6.07) is 15.4. The Morgan fingerprint density at radius 1 is 1.05 bits per heavy atom. The zero-order chi connectivity index (χ0) is 14.4. The van der Waals surface area contributed by atoms with Gasteiger partial charge < -0.3 is 4.74 Å². The van der Waals surface area contributed by atoms with Crippen molar-refractivity contribution in [3.05, 3.63) is 74.7 Å². The maximum absolute atomic E-state index is 11.6. The summed E-state index contributed by atoms with van der Waals surface area (Å²) in [5.74, 6) is -0.354. The molecule has 2 nitrogen and oxygen atoms in total. The van der Waals surface area contributed by atoms with Crippen LogP contribution in [-0.2, 0) is 16.1 Å². The van der Waals surface area contributed by atoms with Crippen LogP contribution in [0.5, 0.6) is 0 Å². The first-order valence-electron chi connectivity index (χ1n) is 5.98. The van der Waals surface area contributed by atoms with Gasteiger partial charge in [0, 0.05) is 15.0 Å². The van der Waals surface area contributed by atoms with Crippen LogP contribution in [0.3, 0.4) is 0 Å². The first-order valence-corrected chi connectivity index (χ1v) is 7.57. The number of hydrogen-bond donors (Lipinski definition) is 0. The molecule has 2 aromatic rings. The molecule has 2 aromatic carbocycles. The number of ether oxygens (including phenoxy) is 1. The molecular weight excluding hydrogens is 384 g/mol. The van der Waals surface area contributed by atoms with Crippen molar-refractivity contribution in [2.45, 2.75) is 6.61 Å². The summed E-state index contributed by atoms with van der Waals surface area (Å²) in [7, 11) is 0. The molecule has 102 valence electrons. The van der Waals surface area contributed by atoms with E-state index in [0.717, 1.165) is 20.1 Å².